The second-order valence-corrected chi connectivity index (χ2v) is 5.82. The SMILES string of the molecule is CCCCn1ncc2ncc(-c3cccc(C(C)(F)F)c3)cc21. The van der Waals surface area contributed by atoms with E-state index >= 15 is 0 Å². The Morgan fingerprint density at radius 3 is 2.70 bits per heavy atom. The molecule has 5 heteroatoms. The smallest absolute Gasteiger partial charge is 0.263 e. The number of nitrogens with zero attached hydrogens (tertiary/aromatic N) is 3. The maximum Gasteiger partial charge on any atom is 0.270 e. The van der Waals surface area contributed by atoms with Crippen molar-refractivity contribution in [3.8, 4) is 11.1 Å². The number of unbranched alkanes of at least 4 members (excludes halogenated alkanes) is 1. The molecule has 2 aromatic heterocycles. The fourth-order valence-corrected chi connectivity index (χ4v) is 2.57. The molecule has 0 atom stereocenters. The molecule has 0 aliphatic heterocycles. The second-order valence-electron chi connectivity index (χ2n) is 5.82. The normalized spacial score (nSPS) is 12.0. The molecule has 0 aliphatic rings. The summed E-state index contributed by atoms with van der Waals surface area (Å²) in [5.41, 5.74) is 3.32. The number of pyridine rings is 1. The van der Waals surface area contributed by atoms with Crippen molar-refractivity contribution in [2.75, 3.05) is 0 Å². The zero-order valence-corrected chi connectivity index (χ0v) is 13.3. The van der Waals surface area contributed by atoms with Crippen molar-refractivity contribution in [2.45, 2.75) is 39.2 Å². The topological polar surface area (TPSA) is 30.7 Å². The number of halogens is 2. The molecule has 0 aliphatic carbocycles. The first-order valence-corrected chi connectivity index (χ1v) is 7.79. The number of benzene rings is 1. The third-order valence-corrected chi connectivity index (χ3v) is 3.92. The van der Waals surface area contributed by atoms with E-state index in [1.165, 1.54) is 12.1 Å². The standard InChI is InChI=1S/C18H19F2N3/c1-3-4-8-23-17-10-14(11-21-16(17)12-22-23)13-6-5-7-15(9-13)18(2,19)20/h5-7,9-12H,3-4,8H2,1-2H3. The molecule has 0 amide bonds. The van der Waals surface area contributed by atoms with Crippen LogP contribution >= 0.6 is 0 Å². The second kappa shape index (κ2) is 6.07. The van der Waals surface area contributed by atoms with Crippen molar-refractivity contribution in [3.05, 3.63) is 48.3 Å². The highest BCUT2D eigenvalue weighted by Gasteiger charge is 2.24. The third-order valence-electron chi connectivity index (χ3n) is 3.92. The average Bonchev–Trinajstić information content (AvgIpc) is 2.94. The van der Waals surface area contributed by atoms with Gasteiger partial charge in [0, 0.05) is 30.8 Å². The molecular formula is C18H19F2N3. The molecule has 23 heavy (non-hydrogen) atoms. The molecule has 0 spiro atoms. The minimum atomic E-state index is -2.85. The van der Waals surface area contributed by atoms with E-state index in [0.29, 0.717) is 0 Å². The fraction of sp³-hybridized carbons (Fsp3) is 0.333. The van der Waals surface area contributed by atoms with Crippen LogP contribution in [-0.4, -0.2) is 14.8 Å². The van der Waals surface area contributed by atoms with E-state index in [2.05, 4.69) is 17.0 Å². The summed E-state index contributed by atoms with van der Waals surface area (Å²) in [6.07, 6.45) is 5.58. The summed E-state index contributed by atoms with van der Waals surface area (Å²) in [5, 5.41) is 4.36. The molecule has 2 heterocycles. The molecular weight excluding hydrogens is 296 g/mol. The molecule has 1 aromatic carbocycles. The highest BCUT2D eigenvalue weighted by molar-refractivity contribution is 5.80. The predicted octanol–water partition coefficient (Wildman–Crippen LogP) is 5.01. The van der Waals surface area contributed by atoms with Crippen LogP contribution in [0.25, 0.3) is 22.2 Å². The van der Waals surface area contributed by atoms with E-state index < -0.39 is 5.92 Å². The van der Waals surface area contributed by atoms with Crippen LogP contribution in [0.3, 0.4) is 0 Å². The monoisotopic (exact) mass is 315 g/mol. The van der Waals surface area contributed by atoms with Crippen LogP contribution in [0.4, 0.5) is 8.78 Å². The first kappa shape index (κ1) is 15.6. The zero-order chi connectivity index (χ0) is 16.4. The molecule has 0 N–H and O–H groups in total. The van der Waals surface area contributed by atoms with Gasteiger partial charge in [-0.3, -0.25) is 9.67 Å². The minimum absolute atomic E-state index is 0.00888. The van der Waals surface area contributed by atoms with E-state index in [1.807, 2.05) is 16.8 Å². The van der Waals surface area contributed by atoms with Crippen molar-refractivity contribution >= 4 is 11.0 Å². The summed E-state index contributed by atoms with van der Waals surface area (Å²) < 4.78 is 29.0. The highest BCUT2D eigenvalue weighted by Crippen LogP contribution is 2.31. The van der Waals surface area contributed by atoms with Crippen molar-refractivity contribution in [1.29, 1.82) is 0 Å². The lowest BCUT2D eigenvalue weighted by atomic mass is 10.0. The Balaban J connectivity index is 2.03. The number of aryl methyl sites for hydroxylation is 1. The molecule has 0 saturated carbocycles. The lowest BCUT2D eigenvalue weighted by molar-refractivity contribution is 0.0175. The maximum atomic E-state index is 13.5. The van der Waals surface area contributed by atoms with Gasteiger partial charge in [-0.25, -0.2) is 8.78 Å². The zero-order valence-electron chi connectivity index (χ0n) is 13.3. The summed E-state index contributed by atoms with van der Waals surface area (Å²) in [4.78, 5) is 4.41. The number of rotatable bonds is 5. The van der Waals surface area contributed by atoms with Crippen LogP contribution in [0.2, 0.25) is 0 Å². The van der Waals surface area contributed by atoms with Gasteiger partial charge in [-0.1, -0.05) is 31.5 Å². The van der Waals surface area contributed by atoms with E-state index in [1.54, 1.807) is 18.5 Å². The van der Waals surface area contributed by atoms with Gasteiger partial charge < -0.3 is 0 Å². The van der Waals surface area contributed by atoms with E-state index in [4.69, 9.17) is 0 Å². The number of aromatic nitrogens is 3. The molecule has 3 rings (SSSR count). The van der Waals surface area contributed by atoms with Gasteiger partial charge in [-0.15, -0.1) is 0 Å². The van der Waals surface area contributed by atoms with Crippen LogP contribution in [0.15, 0.2) is 42.7 Å². The highest BCUT2D eigenvalue weighted by atomic mass is 19.3. The van der Waals surface area contributed by atoms with Gasteiger partial charge >= 0.3 is 0 Å². The Labute approximate surface area is 134 Å². The Hall–Kier alpha value is -2.30. The molecule has 0 saturated heterocycles. The minimum Gasteiger partial charge on any atom is -0.263 e. The first-order valence-electron chi connectivity index (χ1n) is 7.79. The van der Waals surface area contributed by atoms with E-state index in [9.17, 15) is 8.78 Å². The number of alkyl halides is 2. The molecule has 3 aromatic rings. The average molecular weight is 315 g/mol. The van der Waals surface area contributed by atoms with Gasteiger partial charge in [0.25, 0.3) is 5.92 Å². The predicted molar refractivity (Wildman–Crippen MR) is 87.4 cm³/mol. The van der Waals surface area contributed by atoms with Gasteiger partial charge in [-0.2, -0.15) is 5.10 Å². The molecule has 120 valence electrons. The summed E-state index contributed by atoms with van der Waals surface area (Å²) in [5.74, 6) is -2.85. The maximum absolute atomic E-state index is 13.5. The summed E-state index contributed by atoms with van der Waals surface area (Å²) in [7, 11) is 0. The van der Waals surface area contributed by atoms with Crippen molar-refractivity contribution in [3.63, 3.8) is 0 Å². The summed E-state index contributed by atoms with van der Waals surface area (Å²) in [6.45, 7) is 3.87. The lowest BCUT2D eigenvalue weighted by Crippen LogP contribution is -2.06. The van der Waals surface area contributed by atoms with Gasteiger partial charge in [0.15, 0.2) is 0 Å². The van der Waals surface area contributed by atoms with E-state index in [-0.39, 0.29) is 5.56 Å². The van der Waals surface area contributed by atoms with Crippen molar-refractivity contribution in [2.24, 2.45) is 0 Å². The Morgan fingerprint density at radius 2 is 1.96 bits per heavy atom. The van der Waals surface area contributed by atoms with Crippen LogP contribution in [0.1, 0.15) is 32.3 Å². The van der Waals surface area contributed by atoms with E-state index in [0.717, 1.165) is 48.5 Å². The van der Waals surface area contributed by atoms with Crippen LogP contribution in [-0.2, 0) is 12.5 Å². The molecule has 3 nitrogen and oxygen atoms in total. The van der Waals surface area contributed by atoms with Gasteiger partial charge in [0.1, 0.15) is 5.52 Å². The molecule has 0 unspecified atom stereocenters. The quantitative estimate of drug-likeness (QED) is 0.662. The Morgan fingerprint density at radius 1 is 1.13 bits per heavy atom. The molecule has 0 fully saturated rings. The Kier molecular flexibility index (Phi) is 4.11. The van der Waals surface area contributed by atoms with Crippen molar-refractivity contribution < 1.29 is 8.78 Å². The lowest BCUT2D eigenvalue weighted by Gasteiger charge is -2.12. The summed E-state index contributed by atoms with van der Waals surface area (Å²) >= 11 is 0. The van der Waals surface area contributed by atoms with Gasteiger partial charge in [0.2, 0.25) is 0 Å². The number of hydrogen-bond acceptors (Lipinski definition) is 2. The summed E-state index contributed by atoms with van der Waals surface area (Å²) in [6, 6.07) is 8.42. The third kappa shape index (κ3) is 3.23. The largest absolute Gasteiger partial charge is 0.270 e. The van der Waals surface area contributed by atoms with Gasteiger partial charge in [-0.05, 0) is 24.1 Å². The van der Waals surface area contributed by atoms with Crippen LogP contribution in [0, 0.1) is 0 Å². The fourth-order valence-electron chi connectivity index (χ4n) is 2.57. The van der Waals surface area contributed by atoms with Crippen LogP contribution < -0.4 is 0 Å². The number of hydrogen-bond donors (Lipinski definition) is 0. The molecule has 0 bridgehead atoms. The van der Waals surface area contributed by atoms with Crippen molar-refractivity contribution in [1.82, 2.24) is 14.8 Å². The van der Waals surface area contributed by atoms with Gasteiger partial charge in [0.05, 0.1) is 11.7 Å². The van der Waals surface area contributed by atoms with Crippen LogP contribution in [0.5, 0.6) is 0 Å². The number of fused-ring (bicyclic) bond motifs is 1. The first-order chi connectivity index (χ1) is 11.0. The Bertz CT molecular complexity index is 818. The molecule has 0 radical (unpaired) electrons.